The van der Waals surface area contributed by atoms with Crippen LogP contribution in [-0.2, 0) is 10.0 Å². The van der Waals surface area contributed by atoms with Crippen molar-refractivity contribution in [2.75, 3.05) is 13.7 Å². The lowest BCUT2D eigenvalue weighted by Gasteiger charge is -2.14. The fourth-order valence-electron chi connectivity index (χ4n) is 2.03. The summed E-state index contributed by atoms with van der Waals surface area (Å²) in [5.41, 5.74) is 1.08. The maximum atomic E-state index is 12.3. The predicted octanol–water partition coefficient (Wildman–Crippen LogP) is 3.43. The van der Waals surface area contributed by atoms with Crippen LogP contribution in [0.5, 0.6) is 5.75 Å². The maximum absolute atomic E-state index is 12.3. The number of halogens is 1. The van der Waals surface area contributed by atoms with Gasteiger partial charge in [0.1, 0.15) is 5.75 Å². The smallest absolute Gasteiger partial charge is 0.240 e. The molecule has 4 nitrogen and oxygen atoms in total. The lowest BCUT2D eigenvalue weighted by atomic mass is 10.0. The first-order valence-corrected chi connectivity index (χ1v) is 8.68. The van der Waals surface area contributed by atoms with Crippen LogP contribution < -0.4 is 9.46 Å². The highest BCUT2D eigenvalue weighted by atomic mass is 35.5. The standard InChI is InChI=1S/C16H18ClNO3S/c1-12(13-6-4-3-5-7-13)11-18-22(19,20)14-8-9-16(21-2)15(17)10-14/h3-10,12,18H,11H2,1-2H3/t12-/m1/s1. The Morgan fingerprint density at radius 2 is 1.86 bits per heavy atom. The number of sulfonamides is 1. The molecule has 22 heavy (non-hydrogen) atoms. The zero-order valence-electron chi connectivity index (χ0n) is 12.4. The molecule has 0 spiro atoms. The van der Waals surface area contributed by atoms with Crippen LogP contribution >= 0.6 is 11.6 Å². The van der Waals surface area contributed by atoms with Gasteiger partial charge in [-0.2, -0.15) is 0 Å². The van der Waals surface area contributed by atoms with E-state index in [2.05, 4.69) is 4.72 Å². The third-order valence-corrected chi connectivity index (χ3v) is 5.10. The summed E-state index contributed by atoms with van der Waals surface area (Å²) in [5, 5.41) is 0.265. The molecule has 2 aromatic rings. The van der Waals surface area contributed by atoms with Crippen LogP contribution in [0, 0.1) is 0 Å². The zero-order valence-corrected chi connectivity index (χ0v) is 14.0. The number of ether oxygens (including phenoxy) is 1. The molecule has 0 aliphatic rings. The van der Waals surface area contributed by atoms with E-state index in [1.54, 1.807) is 0 Å². The quantitative estimate of drug-likeness (QED) is 0.877. The molecule has 0 radical (unpaired) electrons. The van der Waals surface area contributed by atoms with E-state index in [0.29, 0.717) is 12.3 Å². The van der Waals surface area contributed by atoms with Gasteiger partial charge in [0.2, 0.25) is 10.0 Å². The van der Waals surface area contributed by atoms with Crippen molar-refractivity contribution in [2.24, 2.45) is 0 Å². The van der Waals surface area contributed by atoms with E-state index in [4.69, 9.17) is 16.3 Å². The molecule has 0 aliphatic heterocycles. The van der Waals surface area contributed by atoms with Crippen LogP contribution in [0.25, 0.3) is 0 Å². The molecule has 118 valence electrons. The van der Waals surface area contributed by atoms with Crippen LogP contribution in [0.2, 0.25) is 5.02 Å². The van der Waals surface area contributed by atoms with Crippen molar-refractivity contribution in [3.63, 3.8) is 0 Å². The molecule has 6 heteroatoms. The van der Waals surface area contributed by atoms with Gasteiger partial charge in [0, 0.05) is 6.54 Å². The normalized spacial score (nSPS) is 12.9. The van der Waals surface area contributed by atoms with E-state index >= 15 is 0 Å². The van der Waals surface area contributed by atoms with Crippen molar-refractivity contribution in [1.29, 1.82) is 0 Å². The van der Waals surface area contributed by atoms with Crippen LogP contribution in [-0.4, -0.2) is 22.1 Å². The van der Waals surface area contributed by atoms with E-state index in [1.165, 1.54) is 25.3 Å². The maximum Gasteiger partial charge on any atom is 0.240 e. The molecular formula is C16H18ClNO3S. The second-order valence-electron chi connectivity index (χ2n) is 4.96. The number of methoxy groups -OCH3 is 1. The van der Waals surface area contributed by atoms with E-state index in [0.717, 1.165) is 5.56 Å². The fourth-order valence-corrected chi connectivity index (χ4v) is 3.51. The van der Waals surface area contributed by atoms with Gasteiger partial charge in [-0.1, -0.05) is 48.9 Å². The van der Waals surface area contributed by atoms with Gasteiger partial charge in [0.05, 0.1) is 17.0 Å². The lowest BCUT2D eigenvalue weighted by molar-refractivity contribution is 0.414. The summed E-state index contributed by atoms with van der Waals surface area (Å²) < 4.78 is 32.3. The van der Waals surface area contributed by atoms with Crippen molar-refractivity contribution >= 4 is 21.6 Å². The fraction of sp³-hybridized carbons (Fsp3) is 0.250. The van der Waals surface area contributed by atoms with Gasteiger partial charge in [0.15, 0.2) is 0 Å². The average molecular weight is 340 g/mol. The second-order valence-corrected chi connectivity index (χ2v) is 7.13. The summed E-state index contributed by atoms with van der Waals surface area (Å²) in [6.45, 7) is 2.29. The number of rotatable bonds is 6. The number of benzene rings is 2. The predicted molar refractivity (Wildman–Crippen MR) is 88.0 cm³/mol. The second kappa shape index (κ2) is 7.13. The van der Waals surface area contributed by atoms with Crippen LogP contribution in [0.3, 0.4) is 0 Å². The third-order valence-electron chi connectivity index (χ3n) is 3.38. The minimum Gasteiger partial charge on any atom is -0.495 e. The van der Waals surface area contributed by atoms with Crippen molar-refractivity contribution in [3.8, 4) is 5.75 Å². The Balaban J connectivity index is 2.10. The van der Waals surface area contributed by atoms with Gasteiger partial charge in [-0.25, -0.2) is 13.1 Å². The first-order valence-electron chi connectivity index (χ1n) is 6.82. The minimum absolute atomic E-state index is 0.0738. The van der Waals surface area contributed by atoms with Crippen molar-refractivity contribution in [1.82, 2.24) is 4.72 Å². The monoisotopic (exact) mass is 339 g/mol. The molecular weight excluding hydrogens is 322 g/mol. The SMILES string of the molecule is COc1ccc(S(=O)(=O)NC[C@@H](C)c2ccccc2)cc1Cl. The van der Waals surface area contributed by atoms with Gasteiger partial charge >= 0.3 is 0 Å². The third kappa shape index (κ3) is 4.00. The molecule has 0 heterocycles. The van der Waals surface area contributed by atoms with E-state index < -0.39 is 10.0 Å². The Kier molecular flexibility index (Phi) is 5.45. The Labute approximate surface area is 136 Å². The summed E-state index contributed by atoms with van der Waals surface area (Å²) in [5.74, 6) is 0.517. The highest BCUT2D eigenvalue weighted by Gasteiger charge is 2.17. The highest BCUT2D eigenvalue weighted by molar-refractivity contribution is 7.89. The Morgan fingerprint density at radius 1 is 1.18 bits per heavy atom. The number of hydrogen-bond acceptors (Lipinski definition) is 3. The van der Waals surface area contributed by atoms with Crippen molar-refractivity contribution < 1.29 is 13.2 Å². The summed E-state index contributed by atoms with van der Waals surface area (Å²) in [4.78, 5) is 0.124. The highest BCUT2D eigenvalue weighted by Crippen LogP contribution is 2.27. The first-order chi connectivity index (χ1) is 10.4. The Hall–Kier alpha value is -1.56. The minimum atomic E-state index is -3.60. The number of nitrogens with one attached hydrogen (secondary N) is 1. The Morgan fingerprint density at radius 3 is 2.45 bits per heavy atom. The molecule has 0 bridgehead atoms. The molecule has 0 fully saturated rings. The lowest BCUT2D eigenvalue weighted by Crippen LogP contribution is -2.27. The molecule has 1 N–H and O–H groups in total. The summed E-state index contributed by atoms with van der Waals surface area (Å²) in [6.07, 6.45) is 0. The van der Waals surface area contributed by atoms with E-state index in [9.17, 15) is 8.42 Å². The molecule has 0 saturated carbocycles. The van der Waals surface area contributed by atoms with Gasteiger partial charge < -0.3 is 4.74 Å². The average Bonchev–Trinajstić information content (AvgIpc) is 2.53. The Bertz CT molecular complexity index is 732. The van der Waals surface area contributed by atoms with Crippen molar-refractivity contribution in [3.05, 3.63) is 59.1 Å². The molecule has 1 atom stereocenters. The summed E-state index contributed by atoms with van der Waals surface area (Å²) in [6, 6.07) is 14.1. The van der Waals surface area contributed by atoms with Gasteiger partial charge in [-0.05, 0) is 29.7 Å². The van der Waals surface area contributed by atoms with Crippen molar-refractivity contribution in [2.45, 2.75) is 17.7 Å². The van der Waals surface area contributed by atoms with Crippen LogP contribution in [0.1, 0.15) is 18.4 Å². The molecule has 0 saturated heterocycles. The first kappa shape index (κ1) is 16.8. The van der Waals surface area contributed by atoms with Gasteiger partial charge in [0.25, 0.3) is 0 Å². The topological polar surface area (TPSA) is 55.4 Å². The van der Waals surface area contributed by atoms with E-state index in [-0.39, 0.29) is 15.8 Å². The largest absolute Gasteiger partial charge is 0.495 e. The summed E-state index contributed by atoms with van der Waals surface area (Å²) >= 11 is 5.98. The van der Waals surface area contributed by atoms with Crippen LogP contribution in [0.15, 0.2) is 53.4 Å². The molecule has 0 aromatic heterocycles. The van der Waals surface area contributed by atoms with Crippen LogP contribution in [0.4, 0.5) is 0 Å². The van der Waals surface area contributed by atoms with Gasteiger partial charge in [-0.15, -0.1) is 0 Å². The molecule has 2 aromatic carbocycles. The van der Waals surface area contributed by atoms with Gasteiger partial charge in [-0.3, -0.25) is 0 Å². The molecule has 0 unspecified atom stereocenters. The number of hydrogen-bond donors (Lipinski definition) is 1. The zero-order chi connectivity index (χ0) is 16.2. The van der Waals surface area contributed by atoms with E-state index in [1.807, 2.05) is 37.3 Å². The molecule has 0 aliphatic carbocycles. The summed E-state index contributed by atoms with van der Waals surface area (Å²) in [7, 11) is -2.12. The molecule has 2 rings (SSSR count). The molecule has 0 amide bonds.